The molecule has 104 valence electrons. The predicted molar refractivity (Wildman–Crippen MR) is 84.2 cm³/mol. The average Bonchev–Trinajstić information content (AvgIpc) is 2.48. The van der Waals surface area contributed by atoms with Gasteiger partial charge in [-0.2, -0.15) is 0 Å². The van der Waals surface area contributed by atoms with Gasteiger partial charge in [0.2, 0.25) is 0 Å². The van der Waals surface area contributed by atoms with E-state index < -0.39 is 0 Å². The molecule has 20 heavy (non-hydrogen) atoms. The van der Waals surface area contributed by atoms with Gasteiger partial charge in [0.25, 0.3) is 5.91 Å². The van der Waals surface area contributed by atoms with Crippen molar-refractivity contribution in [3.05, 3.63) is 65.5 Å². The number of halogens is 1. The Bertz CT molecular complexity index is 572. The molecule has 1 amide bonds. The highest BCUT2D eigenvalue weighted by molar-refractivity contribution is 9.09. The lowest BCUT2D eigenvalue weighted by molar-refractivity contribution is 0.0935. The molecule has 1 atom stereocenters. The number of amides is 1. The smallest absolute Gasteiger partial charge is 0.270 e. The zero-order chi connectivity index (χ0) is 14.4. The second-order valence-corrected chi connectivity index (χ2v) is 5.33. The summed E-state index contributed by atoms with van der Waals surface area (Å²) in [5.74, 6) is -0.122. The van der Waals surface area contributed by atoms with Crippen molar-refractivity contribution in [2.75, 3.05) is 5.33 Å². The molecule has 1 aromatic heterocycles. The quantitative estimate of drug-likeness (QED) is 0.854. The van der Waals surface area contributed by atoms with Crippen LogP contribution in [0.15, 0.2) is 48.7 Å². The van der Waals surface area contributed by atoms with Gasteiger partial charge in [-0.15, -0.1) is 0 Å². The summed E-state index contributed by atoms with van der Waals surface area (Å²) < 4.78 is 0. The van der Waals surface area contributed by atoms with Crippen molar-refractivity contribution < 1.29 is 4.79 Å². The number of benzene rings is 1. The Hall–Kier alpha value is -1.68. The van der Waals surface area contributed by atoms with Gasteiger partial charge in [0, 0.05) is 17.6 Å². The van der Waals surface area contributed by atoms with Crippen molar-refractivity contribution in [3.8, 4) is 0 Å². The number of nitrogens with zero attached hydrogens (tertiary/aromatic N) is 1. The van der Waals surface area contributed by atoms with Gasteiger partial charge in [-0.05, 0) is 30.5 Å². The Balaban J connectivity index is 2.03. The first kappa shape index (κ1) is 14.7. The molecule has 4 heteroatoms. The molecule has 1 aromatic carbocycles. The van der Waals surface area contributed by atoms with Crippen molar-refractivity contribution in [1.29, 1.82) is 0 Å². The van der Waals surface area contributed by atoms with Crippen LogP contribution in [-0.2, 0) is 6.42 Å². The number of carbonyl (C=O) groups is 1. The SMILES string of the molecule is Cc1cccnc1C(=O)NC(CBr)Cc1ccccc1. The summed E-state index contributed by atoms with van der Waals surface area (Å²) in [4.78, 5) is 16.4. The minimum atomic E-state index is -0.122. The highest BCUT2D eigenvalue weighted by Gasteiger charge is 2.15. The van der Waals surface area contributed by atoms with Crippen LogP contribution in [0.25, 0.3) is 0 Å². The van der Waals surface area contributed by atoms with E-state index in [9.17, 15) is 4.79 Å². The van der Waals surface area contributed by atoms with Gasteiger partial charge in [0.1, 0.15) is 5.69 Å². The molecule has 1 heterocycles. The maximum atomic E-state index is 12.2. The van der Waals surface area contributed by atoms with Crippen molar-refractivity contribution in [1.82, 2.24) is 10.3 Å². The first-order chi connectivity index (χ1) is 9.70. The van der Waals surface area contributed by atoms with Gasteiger partial charge in [0.05, 0.1) is 0 Å². The molecular weight excluding hydrogens is 316 g/mol. The summed E-state index contributed by atoms with van der Waals surface area (Å²) >= 11 is 3.46. The maximum absolute atomic E-state index is 12.2. The van der Waals surface area contributed by atoms with Gasteiger partial charge in [0.15, 0.2) is 0 Å². The van der Waals surface area contributed by atoms with E-state index in [1.165, 1.54) is 5.56 Å². The predicted octanol–water partition coefficient (Wildman–Crippen LogP) is 3.13. The largest absolute Gasteiger partial charge is 0.347 e. The molecule has 2 aromatic rings. The third-order valence-electron chi connectivity index (χ3n) is 3.07. The van der Waals surface area contributed by atoms with Crippen LogP contribution in [0, 0.1) is 6.92 Å². The number of rotatable bonds is 5. The van der Waals surface area contributed by atoms with E-state index in [2.05, 4.69) is 38.4 Å². The Morgan fingerprint density at radius 3 is 2.65 bits per heavy atom. The van der Waals surface area contributed by atoms with E-state index in [0.29, 0.717) is 11.0 Å². The zero-order valence-corrected chi connectivity index (χ0v) is 12.9. The highest BCUT2D eigenvalue weighted by atomic mass is 79.9. The summed E-state index contributed by atoms with van der Waals surface area (Å²) in [5.41, 5.74) is 2.58. The fourth-order valence-electron chi connectivity index (χ4n) is 2.02. The van der Waals surface area contributed by atoms with Crippen molar-refractivity contribution in [3.63, 3.8) is 0 Å². The summed E-state index contributed by atoms with van der Waals surface area (Å²) in [5, 5.41) is 3.73. The van der Waals surface area contributed by atoms with Crippen LogP contribution in [-0.4, -0.2) is 22.3 Å². The number of aryl methyl sites for hydroxylation is 1. The summed E-state index contributed by atoms with van der Waals surface area (Å²) in [7, 11) is 0. The molecule has 0 aliphatic rings. The second kappa shape index (κ2) is 7.20. The molecule has 0 saturated heterocycles. The Morgan fingerprint density at radius 1 is 1.25 bits per heavy atom. The maximum Gasteiger partial charge on any atom is 0.270 e. The van der Waals surface area contributed by atoms with E-state index in [1.807, 2.05) is 37.3 Å². The molecule has 0 radical (unpaired) electrons. The first-order valence-corrected chi connectivity index (χ1v) is 7.65. The topological polar surface area (TPSA) is 42.0 Å². The number of carbonyl (C=O) groups excluding carboxylic acids is 1. The van der Waals surface area contributed by atoms with E-state index in [0.717, 1.165) is 12.0 Å². The molecule has 0 bridgehead atoms. The normalized spacial score (nSPS) is 11.9. The zero-order valence-electron chi connectivity index (χ0n) is 11.3. The molecular formula is C16H17BrN2O. The van der Waals surface area contributed by atoms with Crippen molar-refractivity contribution in [2.24, 2.45) is 0 Å². The van der Waals surface area contributed by atoms with Crippen LogP contribution in [0.3, 0.4) is 0 Å². The Morgan fingerprint density at radius 2 is 2.00 bits per heavy atom. The summed E-state index contributed by atoms with van der Waals surface area (Å²) in [6.45, 7) is 1.89. The molecule has 0 aliphatic heterocycles. The third-order valence-corrected chi connectivity index (χ3v) is 3.85. The highest BCUT2D eigenvalue weighted by Crippen LogP contribution is 2.08. The lowest BCUT2D eigenvalue weighted by Gasteiger charge is -2.16. The standard InChI is InChI=1S/C16H17BrN2O/c1-12-6-5-9-18-15(12)16(20)19-14(11-17)10-13-7-3-2-4-8-13/h2-9,14H,10-11H2,1H3,(H,19,20). The van der Waals surface area contributed by atoms with Gasteiger partial charge in [-0.25, -0.2) is 0 Å². The molecule has 1 N–H and O–H groups in total. The van der Waals surface area contributed by atoms with Crippen LogP contribution in [0.5, 0.6) is 0 Å². The van der Waals surface area contributed by atoms with E-state index in [1.54, 1.807) is 6.20 Å². The van der Waals surface area contributed by atoms with E-state index >= 15 is 0 Å². The fourth-order valence-corrected chi connectivity index (χ4v) is 2.41. The van der Waals surface area contributed by atoms with Gasteiger partial charge < -0.3 is 5.32 Å². The lowest BCUT2D eigenvalue weighted by atomic mass is 10.1. The van der Waals surface area contributed by atoms with Gasteiger partial charge in [-0.3, -0.25) is 9.78 Å². The van der Waals surface area contributed by atoms with E-state index in [4.69, 9.17) is 0 Å². The molecule has 2 rings (SSSR count). The van der Waals surface area contributed by atoms with Crippen LogP contribution < -0.4 is 5.32 Å². The number of hydrogen-bond donors (Lipinski definition) is 1. The monoisotopic (exact) mass is 332 g/mol. The fraction of sp³-hybridized carbons (Fsp3) is 0.250. The molecule has 0 saturated carbocycles. The number of alkyl halides is 1. The minimum Gasteiger partial charge on any atom is -0.347 e. The Kier molecular flexibility index (Phi) is 5.30. The number of aromatic nitrogens is 1. The van der Waals surface area contributed by atoms with Gasteiger partial charge >= 0.3 is 0 Å². The molecule has 3 nitrogen and oxygen atoms in total. The number of hydrogen-bond acceptors (Lipinski definition) is 2. The minimum absolute atomic E-state index is 0.0475. The third kappa shape index (κ3) is 3.90. The van der Waals surface area contributed by atoms with Gasteiger partial charge in [-0.1, -0.05) is 52.3 Å². The van der Waals surface area contributed by atoms with Crippen LogP contribution >= 0.6 is 15.9 Å². The van der Waals surface area contributed by atoms with Crippen LogP contribution in [0.4, 0.5) is 0 Å². The number of pyridine rings is 1. The summed E-state index contributed by atoms with van der Waals surface area (Å²) in [6.07, 6.45) is 2.44. The van der Waals surface area contributed by atoms with Crippen molar-refractivity contribution in [2.45, 2.75) is 19.4 Å². The molecule has 0 aliphatic carbocycles. The first-order valence-electron chi connectivity index (χ1n) is 6.53. The Labute approximate surface area is 127 Å². The molecule has 0 fully saturated rings. The van der Waals surface area contributed by atoms with Crippen molar-refractivity contribution >= 4 is 21.8 Å². The second-order valence-electron chi connectivity index (χ2n) is 4.68. The van der Waals surface area contributed by atoms with Crippen LogP contribution in [0.1, 0.15) is 21.6 Å². The molecule has 1 unspecified atom stereocenters. The van der Waals surface area contributed by atoms with Crippen LogP contribution in [0.2, 0.25) is 0 Å². The van der Waals surface area contributed by atoms with E-state index in [-0.39, 0.29) is 11.9 Å². The lowest BCUT2D eigenvalue weighted by Crippen LogP contribution is -2.38. The average molecular weight is 333 g/mol. The summed E-state index contributed by atoms with van der Waals surface area (Å²) in [6, 6.07) is 13.9. The molecule has 0 spiro atoms. The number of nitrogens with one attached hydrogen (secondary N) is 1.